The summed E-state index contributed by atoms with van der Waals surface area (Å²) < 4.78 is 13.6. The minimum Gasteiger partial charge on any atom is -0.310 e. The molecule has 2 unspecified atom stereocenters. The van der Waals surface area contributed by atoms with Crippen molar-refractivity contribution in [1.29, 1.82) is 0 Å². The van der Waals surface area contributed by atoms with Crippen LogP contribution in [-0.2, 0) is 6.42 Å². The molecule has 1 nitrogen and oxygen atoms in total. The van der Waals surface area contributed by atoms with E-state index in [4.69, 9.17) is 11.6 Å². The Morgan fingerprint density at radius 3 is 2.48 bits per heavy atom. The second kappa shape index (κ2) is 7.58. The van der Waals surface area contributed by atoms with Crippen LogP contribution in [0.25, 0.3) is 0 Å². The van der Waals surface area contributed by atoms with Crippen molar-refractivity contribution in [3.05, 3.63) is 70.5 Å². The van der Waals surface area contributed by atoms with Gasteiger partial charge in [0.25, 0.3) is 0 Å². The number of halogens is 2. The van der Waals surface area contributed by atoms with Crippen LogP contribution in [0.2, 0.25) is 5.02 Å². The summed E-state index contributed by atoms with van der Waals surface area (Å²) in [6.45, 7) is 5.15. The quantitative estimate of drug-likeness (QED) is 0.791. The van der Waals surface area contributed by atoms with E-state index in [1.54, 1.807) is 6.07 Å². The van der Waals surface area contributed by atoms with E-state index >= 15 is 0 Å². The van der Waals surface area contributed by atoms with E-state index in [-0.39, 0.29) is 16.9 Å². The predicted octanol–water partition coefficient (Wildman–Crippen LogP) is 5.01. The van der Waals surface area contributed by atoms with Crippen molar-refractivity contribution in [3.63, 3.8) is 0 Å². The Balaban J connectivity index is 2.19. The van der Waals surface area contributed by atoms with Crippen LogP contribution in [0.4, 0.5) is 4.39 Å². The molecule has 0 aliphatic rings. The number of rotatable bonds is 6. The number of benzene rings is 2. The van der Waals surface area contributed by atoms with Crippen molar-refractivity contribution >= 4 is 11.6 Å². The first-order valence-electron chi connectivity index (χ1n) is 7.34. The van der Waals surface area contributed by atoms with E-state index in [2.05, 4.69) is 31.3 Å². The topological polar surface area (TPSA) is 12.0 Å². The summed E-state index contributed by atoms with van der Waals surface area (Å²) in [5, 5.41) is 3.76. The molecule has 0 fully saturated rings. The average molecular weight is 306 g/mol. The fourth-order valence-electron chi connectivity index (χ4n) is 2.70. The van der Waals surface area contributed by atoms with Crippen LogP contribution in [0.1, 0.15) is 31.0 Å². The van der Waals surface area contributed by atoms with Gasteiger partial charge in [0.15, 0.2) is 0 Å². The molecule has 1 N–H and O–H groups in total. The Kier molecular flexibility index (Phi) is 5.77. The zero-order valence-electron chi connectivity index (χ0n) is 12.4. The molecule has 2 atom stereocenters. The summed E-state index contributed by atoms with van der Waals surface area (Å²) in [7, 11) is 0. The summed E-state index contributed by atoms with van der Waals surface area (Å²) in [6.07, 6.45) is 0.739. The molecule has 3 heteroatoms. The monoisotopic (exact) mass is 305 g/mol. The van der Waals surface area contributed by atoms with Crippen molar-refractivity contribution in [3.8, 4) is 0 Å². The molecule has 0 aromatic heterocycles. The maximum atomic E-state index is 13.6. The molecule has 0 spiro atoms. The van der Waals surface area contributed by atoms with Crippen LogP contribution in [-0.4, -0.2) is 6.54 Å². The lowest BCUT2D eigenvalue weighted by Gasteiger charge is -2.26. The molecule has 2 aromatic carbocycles. The minimum atomic E-state index is -0.346. The van der Waals surface area contributed by atoms with Crippen LogP contribution in [0, 0.1) is 11.7 Å². The molecule has 2 rings (SSSR count). The highest BCUT2D eigenvalue weighted by Crippen LogP contribution is 2.28. The third-order valence-electron chi connectivity index (χ3n) is 3.73. The highest BCUT2D eigenvalue weighted by Gasteiger charge is 2.20. The SMILES string of the molecule is CCNC(c1ccccc1)C(C)Cc1cccc(F)c1Cl. The van der Waals surface area contributed by atoms with E-state index in [0.29, 0.717) is 5.92 Å². The lowest BCUT2D eigenvalue weighted by atomic mass is 9.89. The van der Waals surface area contributed by atoms with E-state index in [0.717, 1.165) is 18.5 Å². The molecular formula is C18H21ClFN. The largest absolute Gasteiger partial charge is 0.310 e. The lowest BCUT2D eigenvalue weighted by Crippen LogP contribution is -2.28. The van der Waals surface area contributed by atoms with Crippen LogP contribution in [0.5, 0.6) is 0 Å². The molecule has 0 saturated heterocycles. The summed E-state index contributed by atoms with van der Waals surface area (Å²) >= 11 is 6.07. The maximum Gasteiger partial charge on any atom is 0.142 e. The molecule has 0 aliphatic heterocycles. The normalized spacial score (nSPS) is 13.9. The minimum absolute atomic E-state index is 0.232. The Morgan fingerprint density at radius 2 is 1.81 bits per heavy atom. The zero-order chi connectivity index (χ0) is 15.2. The molecule has 0 amide bonds. The zero-order valence-corrected chi connectivity index (χ0v) is 13.2. The van der Waals surface area contributed by atoms with Gasteiger partial charge in [0.2, 0.25) is 0 Å². The van der Waals surface area contributed by atoms with Crippen molar-refractivity contribution in [1.82, 2.24) is 5.32 Å². The van der Waals surface area contributed by atoms with Gasteiger partial charge in [-0.25, -0.2) is 4.39 Å². The summed E-state index contributed by atoms with van der Waals surface area (Å²) in [4.78, 5) is 0. The summed E-state index contributed by atoms with van der Waals surface area (Å²) in [6, 6.07) is 15.6. The van der Waals surface area contributed by atoms with E-state index in [1.165, 1.54) is 11.6 Å². The van der Waals surface area contributed by atoms with E-state index in [1.807, 2.05) is 24.3 Å². The highest BCUT2D eigenvalue weighted by atomic mass is 35.5. The summed E-state index contributed by atoms with van der Waals surface area (Å²) in [5.74, 6) is -0.0345. The first kappa shape index (κ1) is 16.0. The van der Waals surface area contributed by atoms with Crippen molar-refractivity contribution in [2.45, 2.75) is 26.3 Å². The maximum absolute atomic E-state index is 13.6. The van der Waals surface area contributed by atoms with E-state index in [9.17, 15) is 4.39 Å². The molecule has 0 aliphatic carbocycles. The molecule has 0 heterocycles. The molecule has 0 bridgehead atoms. The third-order valence-corrected chi connectivity index (χ3v) is 4.15. The van der Waals surface area contributed by atoms with Gasteiger partial charge in [0.1, 0.15) is 5.82 Å². The number of hydrogen-bond donors (Lipinski definition) is 1. The van der Waals surface area contributed by atoms with Gasteiger partial charge in [-0.3, -0.25) is 0 Å². The molecule has 21 heavy (non-hydrogen) atoms. The second-order valence-electron chi connectivity index (χ2n) is 5.34. The Hall–Kier alpha value is -1.38. The standard InChI is InChI=1S/C18H21ClFN/c1-3-21-18(14-8-5-4-6-9-14)13(2)12-15-10-7-11-16(20)17(15)19/h4-11,13,18,21H,3,12H2,1-2H3. The van der Waals surface area contributed by atoms with Crippen molar-refractivity contribution in [2.24, 2.45) is 5.92 Å². The Labute approximate surface area is 131 Å². The molecular weight excluding hydrogens is 285 g/mol. The smallest absolute Gasteiger partial charge is 0.142 e. The van der Waals surface area contributed by atoms with Crippen molar-refractivity contribution in [2.75, 3.05) is 6.54 Å². The Bertz CT molecular complexity index is 571. The van der Waals surface area contributed by atoms with Crippen LogP contribution in [0.3, 0.4) is 0 Å². The molecule has 0 saturated carbocycles. The van der Waals surface area contributed by atoms with Crippen molar-refractivity contribution < 1.29 is 4.39 Å². The van der Waals surface area contributed by atoms with Gasteiger partial charge in [0, 0.05) is 6.04 Å². The lowest BCUT2D eigenvalue weighted by molar-refractivity contribution is 0.391. The predicted molar refractivity (Wildman–Crippen MR) is 87.1 cm³/mol. The number of nitrogens with one attached hydrogen (secondary N) is 1. The van der Waals surface area contributed by atoms with Gasteiger partial charge in [-0.15, -0.1) is 0 Å². The second-order valence-corrected chi connectivity index (χ2v) is 5.72. The third kappa shape index (κ3) is 4.05. The van der Waals surface area contributed by atoms with Gasteiger partial charge >= 0.3 is 0 Å². The van der Waals surface area contributed by atoms with Gasteiger partial charge in [-0.1, -0.05) is 67.9 Å². The van der Waals surface area contributed by atoms with Crippen LogP contribution < -0.4 is 5.32 Å². The van der Waals surface area contributed by atoms with Gasteiger partial charge in [-0.2, -0.15) is 0 Å². The first-order valence-corrected chi connectivity index (χ1v) is 7.72. The van der Waals surface area contributed by atoms with Gasteiger partial charge in [0.05, 0.1) is 5.02 Å². The number of hydrogen-bond acceptors (Lipinski definition) is 1. The van der Waals surface area contributed by atoms with Crippen LogP contribution >= 0.6 is 11.6 Å². The fraction of sp³-hybridized carbons (Fsp3) is 0.333. The van der Waals surface area contributed by atoms with E-state index < -0.39 is 0 Å². The fourth-order valence-corrected chi connectivity index (χ4v) is 2.90. The van der Waals surface area contributed by atoms with Gasteiger partial charge in [-0.05, 0) is 36.1 Å². The molecule has 2 aromatic rings. The first-order chi connectivity index (χ1) is 10.1. The molecule has 0 radical (unpaired) electrons. The average Bonchev–Trinajstić information content (AvgIpc) is 2.50. The highest BCUT2D eigenvalue weighted by molar-refractivity contribution is 6.31. The van der Waals surface area contributed by atoms with Gasteiger partial charge < -0.3 is 5.32 Å². The molecule has 112 valence electrons. The van der Waals surface area contributed by atoms with Crippen LogP contribution in [0.15, 0.2) is 48.5 Å². The summed E-state index contributed by atoms with van der Waals surface area (Å²) in [5.41, 5.74) is 2.11. The Morgan fingerprint density at radius 1 is 1.10 bits per heavy atom.